The second-order valence-electron chi connectivity index (χ2n) is 9.13. The molecule has 32 heavy (non-hydrogen) atoms. The van der Waals surface area contributed by atoms with Crippen molar-refractivity contribution >= 4 is 22.9 Å². The van der Waals surface area contributed by atoms with Crippen molar-refractivity contribution in [1.82, 2.24) is 0 Å². The summed E-state index contributed by atoms with van der Waals surface area (Å²) in [5.41, 5.74) is 9.58. The number of hydrogen-bond donors (Lipinski definition) is 1. The molecule has 0 aliphatic heterocycles. The van der Waals surface area contributed by atoms with Gasteiger partial charge in [-0.2, -0.15) is 0 Å². The minimum absolute atomic E-state index is 0. The highest BCUT2D eigenvalue weighted by Gasteiger charge is 2.38. The van der Waals surface area contributed by atoms with Crippen LogP contribution in [-0.4, -0.2) is 49.6 Å². The summed E-state index contributed by atoms with van der Waals surface area (Å²) in [5.74, 6) is -0.909. The van der Waals surface area contributed by atoms with Gasteiger partial charge < -0.3 is 10.0 Å². The van der Waals surface area contributed by atoms with Crippen molar-refractivity contribution in [1.29, 1.82) is 0 Å². The molecule has 0 heterocycles. The maximum absolute atomic E-state index is 11.4. The van der Waals surface area contributed by atoms with E-state index < -0.39 is 5.97 Å². The van der Waals surface area contributed by atoms with Crippen molar-refractivity contribution in [3.63, 3.8) is 0 Å². The molecule has 4 nitrogen and oxygen atoms in total. The van der Waals surface area contributed by atoms with Gasteiger partial charge in [-0.1, -0.05) is 39.5 Å². The maximum atomic E-state index is 11.4. The van der Waals surface area contributed by atoms with Crippen molar-refractivity contribution in [3.8, 4) is 0 Å². The van der Waals surface area contributed by atoms with Crippen molar-refractivity contribution in [2.45, 2.75) is 26.7 Å². The first-order chi connectivity index (χ1) is 14.6. The molecule has 4 rings (SSSR count). The lowest BCUT2D eigenvalue weighted by atomic mass is 9.64. The Bertz CT molecular complexity index is 1200. The Balaban J connectivity index is 0.00000289. The van der Waals surface area contributed by atoms with Gasteiger partial charge in [0.1, 0.15) is 14.1 Å². The van der Waals surface area contributed by atoms with E-state index in [9.17, 15) is 9.90 Å². The minimum atomic E-state index is -0.909. The van der Waals surface area contributed by atoms with Gasteiger partial charge in [-0.3, -0.25) is 0 Å². The first-order valence-electron chi connectivity index (χ1n) is 10.5. The molecule has 2 aromatic carbocycles. The Hall–Kier alpha value is -3.40. The van der Waals surface area contributed by atoms with Gasteiger partial charge in [-0.05, 0) is 63.8 Å². The summed E-state index contributed by atoms with van der Waals surface area (Å²) in [4.78, 5) is 13.5. The Labute approximate surface area is 191 Å². The number of fused-ring (bicyclic) bond motifs is 2. The molecule has 4 heteroatoms. The summed E-state index contributed by atoms with van der Waals surface area (Å²) in [6.07, 6.45) is 6.64. The standard InChI is InChI=1S/C27H28N2O2.CH4/c1-27(2)23-15-19(28(3)4)11-13-21(23)25(17-7-9-18(10-8-17)26(30)31)22-14-12-20(29(5)6)16-24(22)27;/h7-16H,1-6H3;1H4/p+1. The molecule has 0 aromatic heterocycles. The number of allylic oxidation sites excluding steroid dienone is 5. The predicted molar refractivity (Wildman–Crippen MR) is 134 cm³/mol. The summed E-state index contributed by atoms with van der Waals surface area (Å²) in [5, 5.41) is 9.32. The van der Waals surface area contributed by atoms with Crippen molar-refractivity contribution < 1.29 is 14.5 Å². The lowest BCUT2D eigenvalue weighted by Crippen LogP contribution is -2.30. The van der Waals surface area contributed by atoms with Gasteiger partial charge in [-0.15, -0.1) is 0 Å². The predicted octanol–water partition coefficient (Wildman–Crippen LogP) is 5.39. The molecule has 2 aliphatic rings. The lowest BCUT2D eigenvalue weighted by Gasteiger charge is -2.39. The second-order valence-corrected chi connectivity index (χ2v) is 9.13. The topological polar surface area (TPSA) is 43.5 Å². The average molecular weight is 430 g/mol. The van der Waals surface area contributed by atoms with Crippen LogP contribution in [0.5, 0.6) is 0 Å². The molecule has 0 saturated heterocycles. The molecule has 0 radical (unpaired) electrons. The fourth-order valence-corrected chi connectivity index (χ4v) is 4.47. The number of carboxylic acids is 1. The summed E-state index contributed by atoms with van der Waals surface area (Å²) < 4.78 is 2.13. The Kier molecular flexibility index (Phi) is 6.01. The molecular weight excluding hydrogens is 396 g/mol. The lowest BCUT2D eigenvalue weighted by molar-refractivity contribution is -0.462. The molecule has 0 saturated carbocycles. The quantitative estimate of drug-likeness (QED) is 0.666. The number of carboxylic acid groups (broad SMARTS) is 1. The zero-order valence-corrected chi connectivity index (χ0v) is 19.0. The third-order valence-corrected chi connectivity index (χ3v) is 6.34. The van der Waals surface area contributed by atoms with E-state index in [0.717, 1.165) is 11.1 Å². The number of aromatic carboxylic acids is 1. The summed E-state index contributed by atoms with van der Waals surface area (Å²) >= 11 is 0. The summed E-state index contributed by atoms with van der Waals surface area (Å²) in [6, 6.07) is 13.9. The van der Waals surface area contributed by atoms with Gasteiger partial charge >= 0.3 is 5.97 Å². The van der Waals surface area contributed by atoms with Crippen LogP contribution in [-0.2, 0) is 5.41 Å². The molecule has 0 fully saturated rings. The highest BCUT2D eigenvalue weighted by Crippen LogP contribution is 2.50. The molecule has 2 aromatic rings. The van der Waals surface area contributed by atoms with Gasteiger partial charge in [-0.25, -0.2) is 9.37 Å². The van der Waals surface area contributed by atoms with Crippen LogP contribution in [0.4, 0.5) is 5.69 Å². The fourth-order valence-electron chi connectivity index (χ4n) is 4.47. The van der Waals surface area contributed by atoms with E-state index in [1.165, 1.54) is 33.7 Å². The Morgan fingerprint density at radius 2 is 1.66 bits per heavy atom. The van der Waals surface area contributed by atoms with Gasteiger partial charge in [0.05, 0.1) is 5.56 Å². The first kappa shape index (κ1) is 23.3. The van der Waals surface area contributed by atoms with E-state index in [0.29, 0.717) is 5.56 Å². The summed E-state index contributed by atoms with van der Waals surface area (Å²) in [7, 11) is 8.24. The normalized spacial score (nSPS) is 15.9. The molecule has 0 amide bonds. The average Bonchev–Trinajstić information content (AvgIpc) is 2.73. The van der Waals surface area contributed by atoms with E-state index in [2.05, 4.69) is 87.9 Å². The van der Waals surface area contributed by atoms with Crippen molar-refractivity contribution in [2.24, 2.45) is 0 Å². The molecule has 0 bridgehead atoms. The summed E-state index contributed by atoms with van der Waals surface area (Å²) in [6.45, 7) is 4.57. The van der Waals surface area contributed by atoms with Crippen molar-refractivity contribution in [3.05, 3.63) is 94.1 Å². The Morgan fingerprint density at radius 3 is 2.22 bits per heavy atom. The number of benzene rings is 2. The SMILES string of the molecule is C.CN(C)c1ccc2c(c1)C(C)(C)C1=CC(=[N+](C)C)C=CC1=C2c1ccc(C(=O)O)cc1. The fraction of sp³-hybridized carbons (Fsp3) is 0.286. The molecule has 166 valence electrons. The zero-order chi connectivity index (χ0) is 22.5. The third kappa shape index (κ3) is 3.70. The number of carbonyl (C=O) groups is 1. The van der Waals surface area contributed by atoms with Crippen LogP contribution in [0.3, 0.4) is 0 Å². The van der Waals surface area contributed by atoms with Crippen LogP contribution < -0.4 is 4.90 Å². The van der Waals surface area contributed by atoms with Crippen LogP contribution in [0, 0.1) is 0 Å². The first-order valence-corrected chi connectivity index (χ1v) is 10.5. The smallest absolute Gasteiger partial charge is 0.335 e. The van der Waals surface area contributed by atoms with Gasteiger partial charge in [0, 0.05) is 37.3 Å². The van der Waals surface area contributed by atoms with E-state index in [1.807, 2.05) is 12.1 Å². The maximum Gasteiger partial charge on any atom is 0.335 e. The number of nitrogens with zero attached hydrogens (tertiary/aromatic N) is 2. The van der Waals surface area contributed by atoms with Crippen LogP contribution in [0.15, 0.2) is 71.8 Å². The minimum Gasteiger partial charge on any atom is -0.478 e. The molecule has 0 unspecified atom stereocenters. The highest BCUT2D eigenvalue weighted by molar-refractivity contribution is 6.06. The van der Waals surface area contributed by atoms with Gasteiger partial charge in [0.25, 0.3) is 0 Å². The molecule has 0 spiro atoms. The largest absolute Gasteiger partial charge is 0.478 e. The van der Waals surface area contributed by atoms with Crippen LogP contribution in [0.2, 0.25) is 0 Å². The third-order valence-electron chi connectivity index (χ3n) is 6.34. The molecule has 1 N–H and O–H groups in total. The molecule has 2 aliphatic carbocycles. The van der Waals surface area contributed by atoms with Crippen LogP contribution in [0.25, 0.3) is 5.57 Å². The Morgan fingerprint density at radius 1 is 1.00 bits per heavy atom. The molecular formula is C28H33N2O2+. The number of anilines is 1. The number of hydrogen-bond acceptors (Lipinski definition) is 2. The monoisotopic (exact) mass is 429 g/mol. The van der Waals surface area contributed by atoms with Gasteiger partial charge in [0.2, 0.25) is 0 Å². The number of rotatable bonds is 3. The molecule has 0 atom stereocenters. The highest BCUT2D eigenvalue weighted by atomic mass is 16.4. The van der Waals surface area contributed by atoms with E-state index in [4.69, 9.17) is 0 Å². The van der Waals surface area contributed by atoms with Crippen molar-refractivity contribution in [2.75, 3.05) is 33.1 Å². The van der Waals surface area contributed by atoms with E-state index in [-0.39, 0.29) is 12.8 Å². The van der Waals surface area contributed by atoms with Crippen LogP contribution in [0.1, 0.15) is 48.3 Å². The van der Waals surface area contributed by atoms with E-state index in [1.54, 1.807) is 12.1 Å². The van der Waals surface area contributed by atoms with Crippen LogP contribution >= 0.6 is 0 Å². The van der Waals surface area contributed by atoms with Gasteiger partial charge in [0.15, 0.2) is 5.71 Å². The second kappa shape index (κ2) is 8.27. The zero-order valence-electron chi connectivity index (χ0n) is 19.0. The van der Waals surface area contributed by atoms with E-state index >= 15 is 0 Å².